The highest BCUT2D eigenvalue weighted by Gasteiger charge is 2.18. The second-order valence-electron chi connectivity index (χ2n) is 6.82. The molecular formula is C22H21ClN2O3. The van der Waals surface area contributed by atoms with E-state index >= 15 is 0 Å². The van der Waals surface area contributed by atoms with Gasteiger partial charge in [-0.2, -0.15) is 0 Å². The van der Waals surface area contributed by atoms with Crippen molar-refractivity contribution >= 4 is 17.5 Å². The summed E-state index contributed by atoms with van der Waals surface area (Å²) in [6, 6.07) is 17.7. The minimum Gasteiger partial charge on any atom is -0.438 e. The number of hydrogen-bond donors (Lipinski definition) is 2. The largest absolute Gasteiger partial charge is 0.438 e. The van der Waals surface area contributed by atoms with Crippen LogP contribution in [0.4, 0.5) is 0 Å². The maximum atomic E-state index is 12.7. The first-order valence-electron chi connectivity index (χ1n) is 8.82. The van der Waals surface area contributed by atoms with E-state index < -0.39 is 5.60 Å². The first kappa shape index (κ1) is 19.9. The average molecular weight is 397 g/mol. The number of benzene rings is 2. The molecule has 0 spiro atoms. The minimum atomic E-state index is -1.00. The van der Waals surface area contributed by atoms with E-state index in [1.807, 2.05) is 24.3 Å². The van der Waals surface area contributed by atoms with Gasteiger partial charge in [0.15, 0.2) is 0 Å². The Morgan fingerprint density at radius 3 is 2.68 bits per heavy atom. The molecule has 0 unspecified atom stereocenters. The van der Waals surface area contributed by atoms with Gasteiger partial charge < -0.3 is 15.2 Å². The van der Waals surface area contributed by atoms with Crippen LogP contribution in [0.2, 0.25) is 5.02 Å². The van der Waals surface area contributed by atoms with Crippen LogP contribution in [0.1, 0.15) is 35.3 Å². The lowest BCUT2D eigenvalue weighted by molar-refractivity contribution is 0.0783. The molecule has 2 N–H and O–H groups in total. The van der Waals surface area contributed by atoms with Crippen LogP contribution in [0.5, 0.6) is 11.6 Å². The highest BCUT2D eigenvalue weighted by atomic mass is 35.5. The number of nitrogens with one attached hydrogen (secondary N) is 1. The van der Waals surface area contributed by atoms with Gasteiger partial charge in [-0.3, -0.25) is 4.79 Å². The zero-order valence-electron chi connectivity index (χ0n) is 15.6. The number of amides is 1. The Bertz CT molecular complexity index is 983. The summed E-state index contributed by atoms with van der Waals surface area (Å²) in [4.78, 5) is 16.8. The number of carbonyl (C=O) groups excluding carboxylic acids is 1. The average Bonchev–Trinajstić information content (AvgIpc) is 2.67. The number of pyridine rings is 1. The SMILES string of the molecule is CC(C)(O)c1cccc(Oc2ncccc2C(=O)NCc2ccccc2Cl)c1. The van der Waals surface area contributed by atoms with Crippen LogP contribution in [-0.4, -0.2) is 16.0 Å². The Balaban J connectivity index is 1.78. The van der Waals surface area contributed by atoms with Gasteiger partial charge in [-0.1, -0.05) is 41.9 Å². The molecule has 0 aliphatic rings. The second-order valence-corrected chi connectivity index (χ2v) is 7.23. The Labute approximate surface area is 169 Å². The summed E-state index contributed by atoms with van der Waals surface area (Å²) in [5.74, 6) is 0.354. The van der Waals surface area contributed by atoms with Crippen LogP contribution in [-0.2, 0) is 12.1 Å². The summed E-state index contributed by atoms with van der Waals surface area (Å²) in [7, 11) is 0. The molecule has 6 heteroatoms. The molecule has 1 heterocycles. The fraction of sp³-hybridized carbons (Fsp3) is 0.182. The molecule has 0 aliphatic heterocycles. The van der Waals surface area contributed by atoms with E-state index in [9.17, 15) is 9.90 Å². The topological polar surface area (TPSA) is 71.5 Å². The van der Waals surface area contributed by atoms with Crippen LogP contribution in [0.15, 0.2) is 66.9 Å². The van der Waals surface area contributed by atoms with Crippen molar-refractivity contribution in [3.05, 3.63) is 88.6 Å². The van der Waals surface area contributed by atoms with Crippen LogP contribution >= 0.6 is 11.6 Å². The van der Waals surface area contributed by atoms with E-state index in [0.29, 0.717) is 28.4 Å². The number of rotatable bonds is 6. The Kier molecular flexibility index (Phi) is 5.97. The fourth-order valence-corrected chi connectivity index (χ4v) is 2.81. The number of carbonyl (C=O) groups is 1. The summed E-state index contributed by atoms with van der Waals surface area (Å²) in [5.41, 5.74) is 0.828. The van der Waals surface area contributed by atoms with Gasteiger partial charge in [-0.15, -0.1) is 0 Å². The predicted molar refractivity (Wildman–Crippen MR) is 109 cm³/mol. The first-order chi connectivity index (χ1) is 13.3. The molecule has 0 radical (unpaired) electrons. The molecule has 28 heavy (non-hydrogen) atoms. The third-order valence-corrected chi connectivity index (χ3v) is 4.54. The third kappa shape index (κ3) is 4.88. The van der Waals surface area contributed by atoms with E-state index in [-0.39, 0.29) is 11.8 Å². The number of hydrogen-bond acceptors (Lipinski definition) is 4. The first-order valence-corrected chi connectivity index (χ1v) is 9.20. The lowest BCUT2D eigenvalue weighted by Crippen LogP contribution is -2.23. The van der Waals surface area contributed by atoms with Crippen molar-refractivity contribution in [2.24, 2.45) is 0 Å². The second kappa shape index (κ2) is 8.42. The molecule has 1 amide bonds. The molecule has 0 fully saturated rings. The van der Waals surface area contributed by atoms with Gasteiger partial charge in [0.05, 0.1) is 5.60 Å². The number of aromatic nitrogens is 1. The van der Waals surface area contributed by atoms with Crippen molar-refractivity contribution in [1.82, 2.24) is 10.3 Å². The lowest BCUT2D eigenvalue weighted by atomic mass is 9.98. The van der Waals surface area contributed by atoms with Gasteiger partial charge >= 0.3 is 0 Å². The van der Waals surface area contributed by atoms with Crippen LogP contribution in [0.3, 0.4) is 0 Å². The van der Waals surface area contributed by atoms with Crippen LogP contribution in [0, 0.1) is 0 Å². The predicted octanol–water partition coefficient (Wildman–Crippen LogP) is 4.68. The molecule has 0 atom stereocenters. The number of ether oxygens (including phenoxy) is 1. The van der Waals surface area contributed by atoms with Crippen molar-refractivity contribution in [3.63, 3.8) is 0 Å². The fourth-order valence-electron chi connectivity index (χ4n) is 2.61. The van der Waals surface area contributed by atoms with Gasteiger partial charge in [0, 0.05) is 17.8 Å². The van der Waals surface area contributed by atoms with E-state index in [4.69, 9.17) is 16.3 Å². The minimum absolute atomic E-state index is 0.187. The summed E-state index contributed by atoms with van der Waals surface area (Å²) < 4.78 is 5.83. The molecule has 2 aromatic carbocycles. The summed E-state index contributed by atoms with van der Waals surface area (Å²) >= 11 is 6.14. The van der Waals surface area contributed by atoms with Crippen LogP contribution in [0.25, 0.3) is 0 Å². The Morgan fingerprint density at radius 2 is 1.93 bits per heavy atom. The number of halogens is 1. The maximum Gasteiger partial charge on any atom is 0.257 e. The van der Waals surface area contributed by atoms with Crippen molar-refractivity contribution < 1.29 is 14.6 Å². The van der Waals surface area contributed by atoms with Crippen molar-refractivity contribution in [2.75, 3.05) is 0 Å². The zero-order valence-corrected chi connectivity index (χ0v) is 16.4. The van der Waals surface area contributed by atoms with E-state index in [2.05, 4.69) is 10.3 Å². The van der Waals surface area contributed by atoms with Gasteiger partial charge in [0.1, 0.15) is 11.3 Å². The van der Waals surface area contributed by atoms with Gasteiger partial charge in [0.2, 0.25) is 5.88 Å². The molecule has 1 aromatic heterocycles. The van der Waals surface area contributed by atoms with Gasteiger partial charge in [-0.25, -0.2) is 4.98 Å². The summed E-state index contributed by atoms with van der Waals surface area (Å²) in [6.07, 6.45) is 1.56. The van der Waals surface area contributed by atoms with E-state index in [1.54, 1.807) is 56.4 Å². The molecule has 3 aromatic rings. The van der Waals surface area contributed by atoms with Crippen molar-refractivity contribution in [1.29, 1.82) is 0 Å². The Morgan fingerprint density at radius 1 is 1.14 bits per heavy atom. The molecule has 3 rings (SSSR count). The third-order valence-electron chi connectivity index (χ3n) is 4.17. The molecule has 0 saturated carbocycles. The molecule has 0 saturated heterocycles. The maximum absolute atomic E-state index is 12.7. The molecule has 5 nitrogen and oxygen atoms in total. The quantitative estimate of drug-likeness (QED) is 0.634. The molecule has 144 valence electrons. The van der Waals surface area contributed by atoms with Gasteiger partial charge in [0.25, 0.3) is 5.91 Å². The summed E-state index contributed by atoms with van der Waals surface area (Å²) in [6.45, 7) is 3.68. The molecule has 0 bridgehead atoms. The normalized spacial score (nSPS) is 11.1. The van der Waals surface area contributed by atoms with Crippen molar-refractivity contribution in [3.8, 4) is 11.6 Å². The lowest BCUT2D eigenvalue weighted by Gasteiger charge is -2.18. The zero-order chi connectivity index (χ0) is 20.1. The van der Waals surface area contributed by atoms with Crippen LogP contribution < -0.4 is 10.1 Å². The molecular weight excluding hydrogens is 376 g/mol. The molecule has 0 aliphatic carbocycles. The number of nitrogens with zero attached hydrogens (tertiary/aromatic N) is 1. The highest BCUT2D eigenvalue weighted by Crippen LogP contribution is 2.28. The highest BCUT2D eigenvalue weighted by molar-refractivity contribution is 6.31. The van der Waals surface area contributed by atoms with Crippen molar-refractivity contribution in [2.45, 2.75) is 26.0 Å². The van der Waals surface area contributed by atoms with Gasteiger partial charge in [-0.05, 0) is 55.3 Å². The van der Waals surface area contributed by atoms with E-state index in [1.165, 1.54) is 0 Å². The monoisotopic (exact) mass is 396 g/mol. The standard InChI is InChI=1S/C22H21ClN2O3/c1-22(2,27)16-8-5-9-17(13-16)28-21-18(10-6-12-24-21)20(26)25-14-15-7-3-4-11-19(15)23/h3-13,27H,14H2,1-2H3,(H,25,26). The summed E-state index contributed by atoms with van der Waals surface area (Å²) in [5, 5.41) is 13.6. The number of aliphatic hydroxyl groups is 1. The smallest absolute Gasteiger partial charge is 0.257 e. The Hall–Kier alpha value is -2.89. The van der Waals surface area contributed by atoms with E-state index in [0.717, 1.165) is 5.56 Å².